The van der Waals surface area contributed by atoms with E-state index < -0.39 is 0 Å². The summed E-state index contributed by atoms with van der Waals surface area (Å²) in [5.41, 5.74) is 2.78. The highest BCUT2D eigenvalue weighted by molar-refractivity contribution is 8.00. The molecule has 21 heavy (non-hydrogen) atoms. The van der Waals surface area contributed by atoms with Crippen molar-refractivity contribution in [3.63, 3.8) is 0 Å². The molecule has 2 heterocycles. The first-order chi connectivity index (χ1) is 10.3. The van der Waals surface area contributed by atoms with Gasteiger partial charge in [0.15, 0.2) is 8.29 Å². The zero-order valence-corrected chi connectivity index (χ0v) is 14.3. The van der Waals surface area contributed by atoms with Crippen LogP contribution >= 0.6 is 35.3 Å². The van der Waals surface area contributed by atoms with Gasteiger partial charge in [0.25, 0.3) is 0 Å². The smallest absolute Gasteiger partial charge is 0.181 e. The van der Waals surface area contributed by atoms with E-state index in [1.807, 2.05) is 10.9 Å². The Morgan fingerprint density at radius 1 is 1.33 bits per heavy atom. The van der Waals surface area contributed by atoms with Gasteiger partial charge >= 0.3 is 0 Å². The van der Waals surface area contributed by atoms with Crippen LogP contribution in [0, 0.1) is 3.95 Å². The molecule has 1 aromatic carbocycles. The molecule has 0 radical (unpaired) electrons. The lowest BCUT2D eigenvalue weighted by molar-refractivity contribution is 0.225. The predicted octanol–water partition coefficient (Wildman–Crippen LogP) is 4.14. The van der Waals surface area contributed by atoms with Gasteiger partial charge < -0.3 is 0 Å². The van der Waals surface area contributed by atoms with Crippen molar-refractivity contribution in [1.82, 2.24) is 14.7 Å². The number of benzene rings is 1. The molecule has 0 fully saturated rings. The topological polar surface area (TPSA) is 21.1 Å². The van der Waals surface area contributed by atoms with E-state index in [0.717, 1.165) is 34.5 Å². The lowest BCUT2D eigenvalue weighted by Gasteiger charge is -2.26. The normalized spacial score (nSPS) is 16.0. The number of aromatic nitrogens is 2. The Bertz CT molecular complexity index is 688. The summed E-state index contributed by atoms with van der Waals surface area (Å²) in [6.07, 6.45) is 5.44. The van der Waals surface area contributed by atoms with E-state index in [9.17, 15) is 0 Å². The molecule has 0 atom stereocenters. The van der Waals surface area contributed by atoms with E-state index in [0.29, 0.717) is 0 Å². The third-order valence-electron chi connectivity index (χ3n) is 3.53. The average molecular weight is 336 g/mol. The summed E-state index contributed by atoms with van der Waals surface area (Å²) in [6, 6.07) is 10.6. The van der Waals surface area contributed by atoms with Crippen molar-refractivity contribution in [3.05, 3.63) is 45.9 Å². The molecule has 1 aliphatic heterocycles. The highest BCUT2D eigenvalue weighted by atomic mass is 32.2. The third kappa shape index (κ3) is 3.63. The number of nitrogens with zero attached hydrogens (tertiary/aromatic N) is 3. The number of hydrogen-bond donors (Lipinski definition) is 0. The maximum Gasteiger partial charge on any atom is 0.181 e. The second-order valence-corrected chi connectivity index (χ2v) is 7.58. The Balaban J connectivity index is 1.67. The Morgan fingerprint density at radius 3 is 2.76 bits per heavy atom. The first-order valence-corrected chi connectivity index (χ1v) is 9.30. The minimum Gasteiger partial charge on any atom is -0.280 e. The fourth-order valence-corrected chi connectivity index (χ4v) is 4.14. The summed E-state index contributed by atoms with van der Waals surface area (Å²) in [5.74, 6) is 0. The van der Waals surface area contributed by atoms with E-state index in [4.69, 9.17) is 12.2 Å². The van der Waals surface area contributed by atoms with Gasteiger partial charge in [-0.25, -0.2) is 4.68 Å². The molecule has 0 spiro atoms. The van der Waals surface area contributed by atoms with Crippen molar-refractivity contribution >= 4 is 40.9 Å². The molecular formula is C15H17N3S3. The Morgan fingerprint density at radius 2 is 2.14 bits per heavy atom. The second kappa shape index (κ2) is 6.87. The lowest BCUT2D eigenvalue weighted by atomic mass is 10.00. The van der Waals surface area contributed by atoms with Crippen LogP contribution in [0.5, 0.6) is 0 Å². The number of hydrogen-bond acceptors (Lipinski definition) is 5. The fourth-order valence-electron chi connectivity index (χ4n) is 2.40. The maximum atomic E-state index is 5.37. The number of rotatable bonds is 4. The molecule has 0 amide bonds. The summed E-state index contributed by atoms with van der Waals surface area (Å²) in [7, 11) is 0. The molecule has 0 saturated carbocycles. The maximum absolute atomic E-state index is 5.37. The molecule has 3 rings (SSSR count). The van der Waals surface area contributed by atoms with E-state index in [1.165, 1.54) is 11.1 Å². The van der Waals surface area contributed by atoms with Crippen LogP contribution < -0.4 is 0 Å². The Labute approximate surface area is 138 Å². The van der Waals surface area contributed by atoms with Crippen molar-refractivity contribution in [3.8, 4) is 0 Å². The standard InChI is InChI=1S/C15H17N3S3/c1-20-14-16-18(15(19)21-14)11-17-9-7-13(8-10-17)12-5-3-2-4-6-12/h2-7H,8-11H2,1H3. The summed E-state index contributed by atoms with van der Waals surface area (Å²) in [5, 5.41) is 4.53. The first kappa shape index (κ1) is 15.0. The molecule has 1 aromatic heterocycles. The molecule has 0 aliphatic carbocycles. The lowest BCUT2D eigenvalue weighted by Crippen LogP contribution is -2.31. The fraction of sp³-hybridized carbons (Fsp3) is 0.333. The highest BCUT2D eigenvalue weighted by Gasteiger charge is 2.14. The van der Waals surface area contributed by atoms with Gasteiger partial charge in [-0.2, -0.15) is 5.10 Å². The molecule has 6 heteroatoms. The van der Waals surface area contributed by atoms with Crippen LogP contribution in [0.1, 0.15) is 12.0 Å². The highest BCUT2D eigenvalue weighted by Crippen LogP contribution is 2.23. The molecular weight excluding hydrogens is 318 g/mol. The first-order valence-electron chi connectivity index (χ1n) is 6.85. The van der Waals surface area contributed by atoms with Crippen molar-refractivity contribution in [2.75, 3.05) is 19.3 Å². The van der Waals surface area contributed by atoms with E-state index in [1.54, 1.807) is 23.1 Å². The van der Waals surface area contributed by atoms with Gasteiger partial charge in [0.1, 0.15) is 0 Å². The van der Waals surface area contributed by atoms with Gasteiger partial charge in [-0.3, -0.25) is 4.90 Å². The minimum atomic E-state index is 0.786. The van der Waals surface area contributed by atoms with Gasteiger partial charge in [0, 0.05) is 13.1 Å². The molecule has 1 aliphatic rings. The SMILES string of the molecule is CSc1nn(CN2CC=C(c3ccccc3)CC2)c(=S)s1. The minimum absolute atomic E-state index is 0.786. The van der Waals surface area contributed by atoms with Crippen LogP contribution in [-0.2, 0) is 6.67 Å². The van der Waals surface area contributed by atoms with Gasteiger partial charge in [-0.1, -0.05) is 59.5 Å². The quantitative estimate of drug-likeness (QED) is 0.618. The van der Waals surface area contributed by atoms with Crippen LogP contribution in [-0.4, -0.2) is 34.0 Å². The Kier molecular flexibility index (Phi) is 4.90. The third-order valence-corrected chi connectivity index (χ3v) is 5.82. The van der Waals surface area contributed by atoms with Crippen molar-refractivity contribution in [1.29, 1.82) is 0 Å². The van der Waals surface area contributed by atoms with E-state index >= 15 is 0 Å². The predicted molar refractivity (Wildman–Crippen MR) is 93.3 cm³/mol. The number of thioether (sulfide) groups is 1. The second-order valence-electron chi connectivity index (χ2n) is 4.90. The molecule has 0 bridgehead atoms. The van der Waals surface area contributed by atoms with Crippen molar-refractivity contribution < 1.29 is 0 Å². The van der Waals surface area contributed by atoms with Crippen LogP contribution in [0.3, 0.4) is 0 Å². The zero-order valence-electron chi connectivity index (χ0n) is 11.9. The molecule has 0 unspecified atom stereocenters. The summed E-state index contributed by atoms with van der Waals surface area (Å²) < 4.78 is 3.84. The molecule has 110 valence electrons. The summed E-state index contributed by atoms with van der Waals surface area (Å²) in [4.78, 5) is 2.38. The van der Waals surface area contributed by atoms with Gasteiger partial charge in [-0.05, 0) is 36.0 Å². The zero-order chi connectivity index (χ0) is 14.7. The van der Waals surface area contributed by atoms with E-state index in [-0.39, 0.29) is 0 Å². The molecule has 0 N–H and O–H groups in total. The van der Waals surface area contributed by atoms with Gasteiger partial charge in [0.05, 0.1) is 6.67 Å². The van der Waals surface area contributed by atoms with Crippen molar-refractivity contribution in [2.45, 2.75) is 17.4 Å². The molecule has 0 saturated heterocycles. The van der Waals surface area contributed by atoms with Crippen LogP contribution in [0.4, 0.5) is 0 Å². The van der Waals surface area contributed by atoms with Crippen LogP contribution in [0.15, 0.2) is 40.7 Å². The Hall–Kier alpha value is -0.950. The van der Waals surface area contributed by atoms with Crippen LogP contribution in [0.25, 0.3) is 5.57 Å². The van der Waals surface area contributed by atoms with Crippen molar-refractivity contribution in [2.24, 2.45) is 0 Å². The summed E-state index contributed by atoms with van der Waals surface area (Å²) >= 11 is 8.61. The molecule has 2 aromatic rings. The monoisotopic (exact) mass is 335 g/mol. The largest absolute Gasteiger partial charge is 0.280 e. The molecule has 3 nitrogen and oxygen atoms in total. The summed E-state index contributed by atoms with van der Waals surface area (Å²) in [6.45, 7) is 2.79. The van der Waals surface area contributed by atoms with E-state index in [2.05, 4.69) is 46.4 Å². The van der Waals surface area contributed by atoms with Gasteiger partial charge in [-0.15, -0.1) is 0 Å². The average Bonchev–Trinajstić information content (AvgIpc) is 2.89. The van der Waals surface area contributed by atoms with Crippen LogP contribution in [0.2, 0.25) is 0 Å². The van der Waals surface area contributed by atoms with Gasteiger partial charge in [0.2, 0.25) is 0 Å².